The fraction of sp³-hybridized carbons (Fsp3) is 0.533. The molecule has 1 aromatic carbocycles. The third-order valence-electron chi connectivity index (χ3n) is 2.27. The Balaban J connectivity index is 2.72. The van der Waals surface area contributed by atoms with Gasteiger partial charge in [-0.05, 0) is 52.3 Å². The fourth-order valence-corrected chi connectivity index (χ4v) is 1.77. The third-order valence-corrected chi connectivity index (χ3v) is 2.72. The van der Waals surface area contributed by atoms with E-state index in [9.17, 15) is 4.79 Å². The maximum Gasteiger partial charge on any atom is 0.242 e. The summed E-state index contributed by atoms with van der Waals surface area (Å²) in [4.78, 5) is 11.9. The van der Waals surface area contributed by atoms with Crippen LogP contribution in [0, 0.1) is 0 Å². The molecule has 1 unspecified atom stereocenters. The van der Waals surface area contributed by atoms with Gasteiger partial charge in [0.1, 0.15) is 11.1 Å². The average molecular weight is 284 g/mol. The first-order valence-electron chi connectivity index (χ1n) is 6.42. The van der Waals surface area contributed by atoms with E-state index in [1.54, 1.807) is 0 Å². The van der Waals surface area contributed by atoms with Crippen LogP contribution in [0.15, 0.2) is 24.3 Å². The zero-order valence-corrected chi connectivity index (χ0v) is 12.9. The van der Waals surface area contributed by atoms with E-state index in [4.69, 9.17) is 16.3 Å². The van der Waals surface area contributed by atoms with Gasteiger partial charge in [-0.25, -0.2) is 0 Å². The lowest BCUT2D eigenvalue weighted by Gasteiger charge is -2.22. The van der Waals surface area contributed by atoms with E-state index >= 15 is 0 Å². The molecule has 0 aromatic heterocycles. The highest BCUT2D eigenvalue weighted by Crippen LogP contribution is 2.24. The van der Waals surface area contributed by atoms with Crippen LogP contribution >= 0.6 is 11.6 Å². The molecule has 1 N–H and O–H groups in total. The lowest BCUT2D eigenvalue weighted by Crippen LogP contribution is -2.42. The van der Waals surface area contributed by atoms with E-state index in [2.05, 4.69) is 5.32 Å². The Morgan fingerprint density at radius 2 is 1.74 bits per heavy atom. The van der Waals surface area contributed by atoms with Crippen molar-refractivity contribution in [2.75, 3.05) is 0 Å². The van der Waals surface area contributed by atoms with Crippen LogP contribution < -0.4 is 10.1 Å². The summed E-state index contributed by atoms with van der Waals surface area (Å²) in [6.07, 6.45) is 0.127. The van der Waals surface area contributed by atoms with Gasteiger partial charge < -0.3 is 10.1 Å². The fourth-order valence-electron chi connectivity index (χ4n) is 1.57. The van der Waals surface area contributed by atoms with Crippen molar-refractivity contribution in [3.63, 3.8) is 0 Å². The standard InChI is InChI=1S/C15H22ClNO2/c1-10(2)19-12-8-6-11(7-9-12)13(16)14(18)17-15(3,4)5/h6-10,13H,1-5H3,(H,17,18). The van der Waals surface area contributed by atoms with Gasteiger partial charge in [-0.1, -0.05) is 12.1 Å². The van der Waals surface area contributed by atoms with Crippen LogP contribution in [0.5, 0.6) is 5.75 Å². The number of halogens is 1. The molecule has 19 heavy (non-hydrogen) atoms. The number of carbonyl (C=O) groups excluding carboxylic acids is 1. The zero-order chi connectivity index (χ0) is 14.6. The normalized spacial score (nSPS) is 13.2. The lowest BCUT2D eigenvalue weighted by atomic mass is 10.1. The van der Waals surface area contributed by atoms with Crippen LogP contribution in [-0.2, 0) is 4.79 Å². The summed E-state index contributed by atoms with van der Waals surface area (Å²) in [5, 5.41) is 2.17. The summed E-state index contributed by atoms with van der Waals surface area (Å²) >= 11 is 6.17. The molecule has 0 spiro atoms. The van der Waals surface area contributed by atoms with Crippen LogP contribution in [0.25, 0.3) is 0 Å². The summed E-state index contributed by atoms with van der Waals surface area (Å²) in [6.45, 7) is 9.71. The van der Waals surface area contributed by atoms with Crippen LogP contribution in [0.4, 0.5) is 0 Å². The highest BCUT2D eigenvalue weighted by atomic mass is 35.5. The summed E-state index contributed by atoms with van der Waals surface area (Å²) in [7, 11) is 0. The summed E-state index contributed by atoms with van der Waals surface area (Å²) < 4.78 is 5.55. The number of nitrogens with one attached hydrogen (secondary N) is 1. The molecule has 0 aliphatic carbocycles. The summed E-state index contributed by atoms with van der Waals surface area (Å²) in [5.74, 6) is 0.588. The van der Waals surface area contributed by atoms with E-state index < -0.39 is 5.38 Å². The Bertz CT molecular complexity index is 421. The number of ether oxygens (including phenoxy) is 1. The molecular formula is C15H22ClNO2. The Hall–Kier alpha value is -1.22. The molecule has 1 atom stereocenters. The Morgan fingerprint density at radius 3 is 2.16 bits per heavy atom. The molecule has 4 heteroatoms. The van der Waals surface area contributed by atoms with Crippen molar-refractivity contribution in [1.29, 1.82) is 0 Å². The molecular weight excluding hydrogens is 262 g/mol. The molecule has 1 amide bonds. The first kappa shape index (κ1) is 15.8. The first-order chi connectivity index (χ1) is 8.69. The monoisotopic (exact) mass is 283 g/mol. The number of alkyl halides is 1. The minimum Gasteiger partial charge on any atom is -0.491 e. The number of hydrogen-bond acceptors (Lipinski definition) is 2. The Kier molecular flexibility index (Phi) is 5.24. The predicted molar refractivity (Wildman–Crippen MR) is 78.7 cm³/mol. The van der Waals surface area contributed by atoms with Crippen molar-refractivity contribution < 1.29 is 9.53 Å². The van der Waals surface area contributed by atoms with Gasteiger partial charge >= 0.3 is 0 Å². The molecule has 1 rings (SSSR count). The van der Waals surface area contributed by atoms with Crippen molar-refractivity contribution in [3.8, 4) is 5.75 Å². The number of carbonyl (C=O) groups is 1. The van der Waals surface area contributed by atoms with Gasteiger partial charge in [0.25, 0.3) is 0 Å². The maximum atomic E-state index is 11.9. The van der Waals surface area contributed by atoms with E-state index in [1.807, 2.05) is 58.9 Å². The number of amides is 1. The van der Waals surface area contributed by atoms with Crippen molar-refractivity contribution in [1.82, 2.24) is 5.32 Å². The minimum absolute atomic E-state index is 0.127. The smallest absolute Gasteiger partial charge is 0.242 e. The number of rotatable bonds is 4. The predicted octanol–water partition coefficient (Wildman–Crippen LogP) is 3.67. The largest absolute Gasteiger partial charge is 0.491 e. The lowest BCUT2D eigenvalue weighted by molar-refractivity contribution is -0.122. The molecule has 0 saturated carbocycles. The highest BCUT2D eigenvalue weighted by Gasteiger charge is 2.22. The van der Waals surface area contributed by atoms with Crippen LogP contribution in [-0.4, -0.2) is 17.6 Å². The van der Waals surface area contributed by atoms with E-state index in [-0.39, 0.29) is 17.6 Å². The zero-order valence-electron chi connectivity index (χ0n) is 12.2. The van der Waals surface area contributed by atoms with Crippen molar-refractivity contribution in [2.45, 2.75) is 51.6 Å². The van der Waals surface area contributed by atoms with Crippen LogP contribution in [0.3, 0.4) is 0 Å². The molecule has 1 aromatic rings. The van der Waals surface area contributed by atoms with Gasteiger partial charge in [-0.15, -0.1) is 11.6 Å². The SMILES string of the molecule is CC(C)Oc1ccc(C(Cl)C(=O)NC(C)(C)C)cc1. The molecule has 0 saturated heterocycles. The number of benzene rings is 1. The summed E-state index contributed by atoms with van der Waals surface area (Å²) in [5.41, 5.74) is 0.477. The van der Waals surface area contributed by atoms with Gasteiger partial charge in [0.2, 0.25) is 5.91 Å². The van der Waals surface area contributed by atoms with Gasteiger partial charge in [-0.3, -0.25) is 4.79 Å². The Labute approximate surface area is 120 Å². The van der Waals surface area contributed by atoms with Gasteiger partial charge in [-0.2, -0.15) is 0 Å². The molecule has 106 valence electrons. The minimum atomic E-state index is -0.688. The van der Waals surface area contributed by atoms with Gasteiger partial charge in [0.05, 0.1) is 6.10 Å². The third kappa shape index (κ3) is 5.52. The van der Waals surface area contributed by atoms with Crippen molar-refractivity contribution >= 4 is 17.5 Å². The van der Waals surface area contributed by atoms with Crippen LogP contribution in [0.1, 0.15) is 45.6 Å². The van der Waals surface area contributed by atoms with E-state index in [0.717, 1.165) is 11.3 Å². The maximum absolute atomic E-state index is 11.9. The topological polar surface area (TPSA) is 38.3 Å². The molecule has 0 heterocycles. The quantitative estimate of drug-likeness (QED) is 0.856. The second-order valence-corrected chi connectivity index (χ2v) is 6.27. The molecule has 0 aliphatic rings. The molecule has 0 aliphatic heterocycles. The molecule has 0 fully saturated rings. The van der Waals surface area contributed by atoms with E-state index in [1.165, 1.54) is 0 Å². The Morgan fingerprint density at radius 1 is 1.21 bits per heavy atom. The second-order valence-electron chi connectivity index (χ2n) is 5.84. The van der Waals surface area contributed by atoms with Crippen LogP contribution in [0.2, 0.25) is 0 Å². The molecule has 0 bridgehead atoms. The summed E-state index contributed by atoms with van der Waals surface area (Å²) in [6, 6.07) is 7.29. The van der Waals surface area contributed by atoms with Gasteiger partial charge in [0.15, 0.2) is 0 Å². The second kappa shape index (κ2) is 6.29. The van der Waals surface area contributed by atoms with Crippen molar-refractivity contribution in [2.24, 2.45) is 0 Å². The van der Waals surface area contributed by atoms with E-state index in [0.29, 0.717) is 0 Å². The number of hydrogen-bond donors (Lipinski definition) is 1. The van der Waals surface area contributed by atoms with Gasteiger partial charge in [0, 0.05) is 5.54 Å². The average Bonchev–Trinajstić information content (AvgIpc) is 2.26. The molecule has 0 radical (unpaired) electrons. The van der Waals surface area contributed by atoms with Crippen molar-refractivity contribution in [3.05, 3.63) is 29.8 Å². The first-order valence-corrected chi connectivity index (χ1v) is 6.85. The molecule has 3 nitrogen and oxygen atoms in total. The highest BCUT2D eigenvalue weighted by molar-refractivity contribution is 6.30.